The zero-order valence-electron chi connectivity index (χ0n) is 14.5. The number of nitrogens with zero attached hydrogens (tertiary/aromatic N) is 4. The minimum Gasteiger partial charge on any atom is -0.423 e. The number of aryl methyl sites for hydroxylation is 2. The van der Waals surface area contributed by atoms with Crippen LogP contribution in [0, 0.1) is 0 Å². The molecule has 0 aliphatic carbocycles. The molecule has 130 valence electrons. The van der Waals surface area contributed by atoms with Gasteiger partial charge in [0.25, 0.3) is 6.01 Å². The van der Waals surface area contributed by atoms with Crippen molar-refractivity contribution in [1.82, 2.24) is 14.5 Å². The van der Waals surface area contributed by atoms with E-state index in [2.05, 4.69) is 49.8 Å². The van der Waals surface area contributed by atoms with Crippen LogP contribution in [0.5, 0.6) is 0 Å². The third-order valence-corrected chi connectivity index (χ3v) is 5.03. The number of para-hydroxylation sites is 2. The molecule has 0 saturated carbocycles. The van der Waals surface area contributed by atoms with Gasteiger partial charge in [-0.2, -0.15) is 4.98 Å². The summed E-state index contributed by atoms with van der Waals surface area (Å²) in [4.78, 5) is 11.4. The van der Waals surface area contributed by atoms with E-state index in [1.807, 2.05) is 30.6 Å². The molecule has 0 unspecified atom stereocenters. The van der Waals surface area contributed by atoms with Crippen LogP contribution in [-0.4, -0.2) is 21.1 Å². The van der Waals surface area contributed by atoms with Crippen molar-refractivity contribution in [3.63, 3.8) is 0 Å². The number of hydrogen-bond acceptors (Lipinski definition) is 4. The van der Waals surface area contributed by atoms with E-state index in [0.29, 0.717) is 6.01 Å². The Morgan fingerprint density at radius 1 is 1.00 bits per heavy atom. The fourth-order valence-corrected chi connectivity index (χ4v) is 3.62. The zero-order valence-corrected chi connectivity index (χ0v) is 14.5. The highest BCUT2D eigenvalue weighted by Gasteiger charge is 2.24. The molecule has 5 heteroatoms. The van der Waals surface area contributed by atoms with Crippen molar-refractivity contribution in [3.05, 3.63) is 77.9 Å². The molecule has 5 nitrogen and oxygen atoms in total. The van der Waals surface area contributed by atoms with Crippen molar-refractivity contribution >= 4 is 17.1 Å². The first-order chi connectivity index (χ1) is 12.9. The standard InChI is InChI=1S/C21H20N4O/c1-2-6-16(7-3-1)10-12-25-15-22-18-14-24(13-11-19(18)25)21-23-17-8-4-5-9-20(17)26-21/h1-9,15H,10-14H2. The lowest BCUT2D eigenvalue weighted by Gasteiger charge is -2.25. The summed E-state index contributed by atoms with van der Waals surface area (Å²) in [5.41, 5.74) is 5.57. The molecular formula is C21H20N4O. The summed E-state index contributed by atoms with van der Waals surface area (Å²) in [5.74, 6) is 0. The van der Waals surface area contributed by atoms with Crippen molar-refractivity contribution in [3.8, 4) is 0 Å². The Bertz CT molecular complexity index is 1000. The van der Waals surface area contributed by atoms with E-state index in [1.54, 1.807) is 0 Å². The Kier molecular flexibility index (Phi) is 3.70. The van der Waals surface area contributed by atoms with Crippen LogP contribution in [0.3, 0.4) is 0 Å². The van der Waals surface area contributed by atoms with Crippen molar-refractivity contribution in [2.45, 2.75) is 25.9 Å². The summed E-state index contributed by atoms with van der Waals surface area (Å²) in [7, 11) is 0. The van der Waals surface area contributed by atoms with Crippen molar-refractivity contribution in [1.29, 1.82) is 0 Å². The van der Waals surface area contributed by atoms with Gasteiger partial charge in [0.1, 0.15) is 5.52 Å². The van der Waals surface area contributed by atoms with Gasteiger partial charge in [-0.3, -0.25) is 0 Å². The minimum atomic E-state index is 0.690. The minimum absolute atomic E-state index is 0.690. The molecule has 0 radical (unpaired) electrons. The molecule has 0 amide bonds. The molecule has 0 N–H and O–H groups in total. The first-order valence-corrected chi connectivity index (χ1v) is 9.04. The van der Waals surface area contributed by atoms with Gasteiger partial charge >= 0.3 is 0 Å². The predicted octanol–water partition coefficient (Wildman–Crippen LogP) is 3.83. The number of aromatic nitrogens is 3. The Hall–Kier alpha value is -3.08. The fourth-order valence-electron chi connectivity index (χ4n) is 3.62. The van der Waals surface area contributed by atoms with Crippen molar-refractivity contribution in [2.24, 2.45) is 0 Å². The number of fused-ring (bicyclic) bond motifs is 2. The van der Waals surface area contributed by atoms with Crippen LogP contribution in [0.25, 0.3) is 11.1 Å². The Labute approximate surface area is 151 Å². The van der Waals surface area contributed by atoms with Gasteiger partial charge in [0, 0.05) is 25.2 Å². The molecule has 2 aromatic carbocycles. The van der Waals surface area contributed by atoms with Gasteiger partial charge in [-0.15, -0.1) is 0 Å². The molecule has 0 saturated heterocycles. The highest BCUT2D eigenvalue weighted by molar-refractivity contribution is 5.74. The van der Waals surface area contributed by atoms with E-state index in [4.69, 9.17) is 4.42 Å². The number of rotatable bonds is 4. The molecule has 0 bridgehead atoms. The van der Waals surface area contributed by atoms with Gasteiger partial charge in [-0.1, -0.05) is 42.5 Å². The summed E-state index contributed by atoms with van der Waals surface area (Å²) >= 11 is 0. The van der Waals surface area contributed by atoms with Gasteiger partial charge in [0.2, 0.25) is 0 Å². The Balaban J connectivity index is 1.33. The van der Waals surface area contributed by atoms with Crippen LogP contribution < -0.4 is 4.90 Å². The third-order valence-electron chi connectivity index (χ3n) is 5.03. The van der Waals surface area contributed by atoms with E-state index in [0.717, 1.165) is 49.3 Å². The maximum atomic E-state index is 5.91. The summed E-state index contributed by atoms with van der Waals surface area (Å²) < 4.78 is 8.21. The predicted molar refractivity (Wildman–Crippen MR) is 101 cm³/mol. The molecule has 3 heterocycles. The second-order valence-corrected chi connectivity index (χ2v) is 6.70. The Morgan fingerprint density at radius 3 is 2.73 bits per heavy atom. The van der Waals surface area contributed by atoms with Gasteiger partial charge in [0.05, 0.1) is 18.6 Å². The maximum Gasteiger partial charge on any atom is 0.298 e. The number of imidazole rings is 1. The average Bonchev–Trinajstić information content (AvgIpc) is 3.30. The quantitative estimate of drug-likeness (QED) is 0.564. The van der Waals surface area contributed by atoms with Crippen LogP contribution in [-0.2, 0) is 25.9 Å². The monoisotopic (exact) mass is 344 g/mol. The SMILES string of the molecule is c1ccc(CCn2cnc3c2CCN(c2nc4ccccc4o2)C3)cc1. The number of anilines is 1. The second kappa shape index (κ2) is 6.33. The maximum absolute atomic E-state index is 5.91. The first kappa shape index (κ1) is 15.2. The summed E-state index contributed by atoms with van der Waals surface area (Å²) in [5, 5.41) is 0. The molecule has 0 spiro atoms. The molecule has 1 aliphatic heterocycles. The van der Waals surface area contributed by atoms with E-state index >= 15 is 0 Å². The molecular weight excluding hydrogens is 324 g/mol. The fraction of sp³-hybridized carbons (Fsp3) is 0.238. The van der Waals surface area contributed by atoms with Crippen LogP contribution >= 0.6 is 0 Å². The lowest BCUT2D eigenvalue weighted by molar-refractivity contribution is 0.543. The number of oxazole rings is 1. The molecule has 0 fully saturated rings. The molecule has 26 heavy (non-hydrogen) atoms. The van der Waals surface area contributed by atoms with Gasteiger partial charge < -0.3 is 13.9 Å². The van der Waals surface area contributed by atoms with Crippen molar-refractivity contribution in [2.75, 3.05) is 11.4 Å². The normalized spacial score (nSPS) is 13.9. The summed E-state index contributed by atoms with van der Waals surface area (Å²) in [6.45, 7) is 2.62. The van der Waals surface area contributed by atoms with Crippen LogP contribution in [0.15, 0.2) is 65.3 Å². The van der Waals surface area contributed by atoms with Crippen LogP contribution in [0.4, 0.5) is 6.01 Å². The Morgan fingerprint density at radius 2 is 1.85 bits per heavy atom. The molecule has 4 aromatic rings. The lowest BCUT2D eigenvalue weighted by Crippen LogP contribution is -2.31. The zero-order chi connectivity index (χ0) is 17.3. The van der Waals surface area contributed by atoms with E-state index in [1.165, 1.54) is 11.3 Å². The first-order valence-electron chi connectivity index (χ1n) is 9.04. The molecule has 2 aromatic heterocycles. The van der Waals surface area contributed by atoms with Gasteiger partial charge in [-0.25, -0.2) is 4.98 Å². The summed E-state index contributed by atoms with van der Waals surface area (Å²) in [6, 6.07) is 19.2. The number of hydrogen-bond donors (Lipinski definition) is 0. The van der Waals surface area contributed by atoms with Crippen LogP contribution in [0.1, 0.15) is 17.0 Å². The third kappa shape index (κ3) is 2.75. The van der Waals surface area contributed by atoms with Crippen molar-refractivity contribution < 1.29 is 4.42 Å². The lowest BCUT2D eigenvalue weighted by atomic mass is 10.1. The molecule has 0 atom stereocenters. The highest BCUT2D eigenvalue weighted by Crippen LogP contribution is 2.26. The van der Waals surface area contributed by atoms with E-state index < -0.39 is 0 Å². The number of benzene rings is 2. The molecule has 1 aliphatic rings. The highest BCUT2D eigenvalue weighted by atomic mass is 16.4. The topological polar surface area (TPSA) is 47.1 Å². The van der Waals surface area contributed by atoms with E-state index in [9.17, 15) is 0 Å². The summed E-state index contributed by atoms with van der Waals surface area (Å²) in [6.07, 6.45) is 3.96. The smallest absolute Gasteiger partial charge is 0.298 e. The largest absolute Gasteiger partial charge is 0.423 e. The average molecular weight is 344 g/mol. The van der Waals surface area contributed by atoms with E-state index in [-0.39, 0.29) is 0 Å². The van der Waals surface area contributed by atoms with Crippen LogP contribution in [0.2, 0.25) is 0 Å². The van der Waals surface area contributed by atoms with Gasteiger partial charge in [0.15, 0.2) is 5.58 Å². The molecule has 5 rings (SSSR count). The second-order valence-electron chi connectivity index (χ2n) is 6.70. The van der Waals surface area contributed by atoms with Gasteiger partial charge in [-0.05, 0) is 24.1 Å².